The summed E-state index contributed by atoms with van der Waals surface area (Å²) < 4.78 is 2.89. The van der Waals surface area contributed by atoms with Gasteiger partial charge < -0.3 is 5.32 Å². The maximum Gasteiger partial charge on any atom is 0.180 e. The molecule has 0 saturated heterocycles. The fourth-order valence-electron chi connectivity index (χ4n) is 1.77. The fourth-order valence-corrected chi connectivity index (χ4v) is 2.55. The van der Waals surface area contributed by atoms with Gasteiger partial charge in [0, 0.05) is 20.3 Å². The van der Waals surface area contributed by atoms with Gasteiger partial charge in [0.25, 0.3) is 0 Å². The molecule has 0 aromatic carbocycles. The van der Waals surface area contributed by atoms with Crippen LogP contribution in [0.15, 0.2) is 12.3 Å². The first kappa shape index (κ1) is 13.3. The van der Waals surface area contributed by atoms with E-state index in [1.54, 1.807) is 10.9 Å². The van der Waals surface area contributed by atoms with Crippen molar-refractivity contribution in [2.24, 2.45) is 7.05 Å². The van der Waals surface area contributed by atoms with Crippen LogP contribution in [0.1, 0.15) is 19.0 Å². The van der Waals surface area contributed by atoms with E-state index in [4.69, 9.17) is 0 Å². The van der Waals surface area contributed by atoms with Gasteiger partial charge in [-0.1, -0.05) is 13.3 Å². The van der Waals surface area contributed by atoms with Gasteiger partial charge in [-0.05, 0) is 35.1 Å². The van der Waals surface area contributed by atoms with Gasteiger partial charge in [-0.2, -0.15) is 5.10 Å². The highest BCUT2D eigenvalue weighted by atomic mass is 127. The second kappa shape index (κ2) is 5.64. The number of nitrogens with zero attached hydrogens (tertiary/aromatic N) is 4. The van der Waals surface area contributed by atoms with Crippen molar-refractivity contribution in [2.45, 2.75) is 19.8 Å². The summed E-state index contributed by atoms with van der Waals surface area (Å²) in [5, 5.41) is 7.29. The molecule has 0 fully saturated rings. The minimum absolute atomic E-state index is 0.725. The van der Waals surface area contributed by atoms with Gasteiger partial charge in [-0.3, -0.25) is 4.68 Å². The summed E-state index contributed by atoms with van der Waals surface area (Å²) in [5.41, 5.74) is 2.02. The van der Waals surface area contributed by atoms with E-state index in [-0.39, 0.29) is 0 Å². The number of rotatable bonds is 4. The van der Waals surface area contributed by atoms with E-state index in [2.05, 4.69) is 49.9 Å². The van der Waals surface area contributed by atoms with E-state index in [1.165, 1.54) is 0 Å². The lowest BCUT2D eigenvalue weighted by atomic mass is 10.2. The Hall–Kier alpha value is -1.18. The van der Waals surface area contributed by atoms with Crippen molar-refractivity contribution in [3.05, 3.63) is 21.5 Å². The monoisotopic (exact) mass is 357 g/mol. The van der Waals surface area contributed by atoms with E-state index in [1.807, 2.05) is 20.2 Å². The second-order valence-electron chi connectivity index (χ2n) is 4.00. The molecule has 0 saturated carbocycles. The third-order valence-corrected chi connectivity index (χ3v) is 3.83. The number of nitrogens with one attached hydrogen (secondary N) is 1. The third-order valence-electron chi connectivity index (χ3n) is 2.69. The first-order valence-corrected chi connectivity index (χ1v) is 6.97. The van der Waals surface area contributed by atoms with Crippen molar-refractivity contribution < 1.29 is 0 Å². The number of halogens is 1. The summed E-state index contributed by atoms with van der Waals surface area (Å²) >= 11 is 2.30. The topological polar surface area (TPSA) is 55.6 Å². The van der Waals surface area contributed by atoms with Gasteiger partial charge in [0.2, 0.25) is 0 Å². The Kier molecular flexibility index (Phi) is 4.15. The Morgan fingerprint density at radius 1 is 1.39 bits per heavy atom. The van der Waals surface area contributed by atoms with Crippen LogP contribution in [-0.4, -0.2) is 26.8 Å². The SMILES string of the molecule is CCCc1nc(-c2ccnn2C)nc(NC)c1I. The Morgan fingerprint density at radius 2 is 2.17 bits per heavy atom. The van der Waals surface area contributed by atoms with Crippen LogP contribution in [0.2, 0.25) is 0 Å². The summed E-state index contributed by atoms with van der Waals surface area (Å²) in [6.07, 6.45) is 3.79. The van der Waals surface area contributed by atoms with Crippen LogP contribution in [-0.2, 0) is 13.5 Å². The Bertz CT molecular complexity index is 549. The maximum absolute atomic E-state index is 4.65. The van der Waals surface area contributed by atoms with Crippen LogP contribution < -0.4 is 5.32 Å². The Morgan fingerprint density at radius 3 is 2.72 bits per heavy atom. The van der Waals surface area contributed by atoms with Crippen LogP contribution in [0.3, 0.4) is 0 Å². The molecule has 2 aromatic heterocycles. The van der Waals surface area contributed by atoms with Gasteiger partial charge in [0.1, 0.15) is 11.5 Å². The van der Waals surface area contributed by atoms with Gasteiger partial charge in [-0.15, -0.1) is 0 Å². The molecule has 18 heavy (non-hydrogen) atoms. The lowest BCUT2D eigenvalue weighted by molar-refractivity contribution is 0.766. The molecule has 5 nitrogen and oxygen atoms in total. The minimum Gasteiger partial charge on any atom is -0.372 e. The molecule has 96 valence electrons. The smallest absolute Gasteiger partial charge is 0.180 e. The zero-order valence-corrected chi connectivity index (χ0v) is 12.9. The van der Waals surface area contributed by atoms with Crippen molar-refractivity contribution in [3.8, 4) is 11.5 Å². The standard InChI is InChI=1S/C12H16IN5/c1-4-5-8-10(13)12(14-2)17-11(16-8)9-6-7-15-18(9)3/h6-7H,4-5H2,1-3H3,(H,14,16,17). The van der Waals surface area contributed by atoms with Crippen molar-refractivity contribution in [2.75, 3.05) is 12.4 Å². The first-order valence-electron chi connectivity index (χ1n) is 5.90. The predicted molar refractivity (Wildman–Crippen MR) is 80.5 cm³/mol. The second-order valence-corrected chi connectivity index (χ2v) is 5.08. The van der Waals surface area contributed by atoms with Crippen molar-refractivity contribution in [3.63, 3.8) is 0 Å². The van der Waals surface area contributed by atoms with Crippen molar-refractivity contribution in [1.82, 2.24) is 19.7 Å². The number of aryl methyl sites for hydroxylation is 2. The molecule has 1 N–H and O–H groups in total. The van der Waals surface area contributed by atoms with E-state index >= 15 is 0 Å². The van der Waals surface area contributed by atoms with Gasteiger partial charge >= 0.3 is 0 Å². The van der Waals surface area contributed by atoms with E-state index in [0.717, 1.165) is 39.4 Å². The number of hydrogen-bond donors (Lipinski definition) is 1. The number of anilines is 1. The van der Waals surface area contributed by atoms with Gasteiger partial charge in [0.15, 0.2) is 5.82 Å². The third kappa shape index (κ3) is 2.47. The molecule has 0 unspecified atom stereocenters. The molecule has 6 heteroatoms. The molecule has 2 rings (SSSR count). The molecule has 0 bridgehead atoms. The summed E-state index contributed by atoms with van der Waals surface area (Å²) in [4.78, 5) is 9.20. The lowest BCUT2D eigenvalue weighted by Gasteiger charge is -2.10. The molecular weight excluding hydrogens is 341 g/mol. The summed E-state index contributed by atoms with van der Waals surface area (Å²) in [6.45, 7) is 2.15. The van der Waals surface area contributed by atoms with E-state index < -0.39 is 0 Å². The highest BCUT2D eigenvalue weighted by Gasteiger charge is 2.13. The van der Waals surface area contributed by atoms with E-state index in [0.29, 0.717) is 0 Å². The molecule has 0 aliphatic heterocycles. The van der Waals surface area contributed by atoms with Crippen LogP contribution in [0.25, 0.3) is 11.5 Å². The highest BCUT2D eigenvalue weighted by molar-refractivity contribution is 14.1. The van der Waals surface area contributed by atoms with Gasteiger partial charge in [0.05, 0.1) is 9.26 Å². The fraction of sp³-hybridized carbons (Fsp3) is 0.417. The van der Waals surface area contributed by atoms with E-state index in [9.17, 15) is 0 Å². The Balaban J connectivity index is 2.55. The summed E-state index contributed by atoms with van der Waals surface area (Å²) in [6, 6.07) is 1.93. The highest BCUT2D eigenvalue weighted by Crippen LogP contribution is 2.24. The molecule has 2 aromatic rings. The largest absolute Gasteiger partial charge is 0.372 e. The quantitative estimate of drug-likeness (QED) is 0.855. The van der Waals surface area contributed by atoms with Crippen LogP contribution >= 0.6 is 22.6 Å². The summed E-state index contributed by atoms with van der Waals surface area (Å²) in [7, 11) is 3.78. The van der Waals surface area contributed by atoms with Crippen LogP contribution in [0, 0.1) is 3.57 Å². The minimum atomic E-state index is 0.725. The average molecular weight is 357 g/mol. The zero-order valence-electron chi connectivity index (χ0n) is 10.7. The first-order chi connectivity index (χ1) is 8.67. The average Bonchev–Trinajstić information content (AvgIpc) is 2.78. The molecule has 2 heterocycles. The molecule has 0 spiro atoms. The molecule has 0 aliphatic rings. The predicted octanol–water partition coefficient (Wildman–Crippen LogP) is 2.48. The summed E-state index contributed by atoms with van der Waals surface area (Å²) in [5.74, 6) is 1.61. The normalized spacial score (nSPS) is 10.7. The Labute approximate surface area is 120 Å². The zero-order chi connectivity index (χ0) is 13.1. The molecule has 0 atom stereocenters. The van der Waals surface area contributed by atoms with Crippen LogP contribution in [0.4, 0.5) is 5.82 Å². The molecule has 0 amide bonds. The molecular formula is C12H16IN5. The maximum atomic E-state index is 4.65. The van der Waals surface area contributed by atoms with Crippen molar-refractivity contribution in [1.29, 1.82) is 0 Å². The van der Waals surface area contributed by atoms with Crippen LogP contribution in [0.5, 0.6) is 0 Å². The van der Waals surface area contributed by atoms with Gasteiger partial charge in [-0.25, -0.2) is 9.97 Å². The van der Waals surface area contributed by atoms with Crippen molar-refractivity contribution >= 4 is 28.4 Å². The molecule has 0 aliphatic carbocycles. The molecule has 0 radical (unpaired) electrons. The lowest BCUT2D eigenvalue weighted by Crippen LogP contribution is -2.07. The number of aromatic nitrogens is 4. The number of hydrogen-bond acceptors (Lipinski definition) is 4.